The van der Waals surface area contributed by atoms with Gasteiger partial charge in [0, 0.05) is 11.8 Å². The number of guanidine groups is 1. The van der Waals surface area contributed by atoms with E-state index >= 15 is 0 Å². The third-order valence-electron chi connectivity index (χ3n) is 4.18. The van der Waals surface area contributed by atoms with Gasteiger partial charge in [0.25, 0.3) is 0 Å². The van der Waals surface area contributed by atoms with E-state index in [1.165, 1.54) is 11.1 Å². The zero-order chi connectivity index (χ0) is 19.1. The van der Waals surface area contributed by atoms with Crippen LogP contribution in [0.1, 0.15) is 17.2 Å². The van der Waals surface area contributed by atoms with Crippen LogP contribution in [0, 0.1) is 6.92 Å². The molecule has 26 heavy (non-hydrogen) atoms. The average molecular weight is 356 g/mol. The normalized spacial score (nSPS) is 12.8. The fraction of sp³-hybridized carbons (Fsp3) is 0.350. The number of ether oxygens (including phenoxy) is 2. The van der Waals surface area contributed by atoms with Gasteiger partial charge >= 0.3 is 0 Å². The Morgan fingerprint density at radius 1 is 1.08 bits per heavy atom. The largest absolute Gasteiger partial charge is 0.493 e. The van der Waals surface area contributed by atoms with Crippen molar-refractivity contribution >= 4 is 11.6 Å². The predicted molar refractivity (Wildman–Crippen MR) is 107 cm³/mol. The molecular formula is C20H28N4O2. The minimum atomic E-state index is 0.154. The third kappa shape index (κ3) is 5.13. The Morgan fingerprint density at radius 2 is 1.73 bits per heavy atom. The van der Waals surface area contributed by atoms with Crippen LogP contribution in [-0.2, 0) is 0 Å². The molecule has 2 rings (SSSR count). The Morgan fingerprint density at radius 3 is 2.31 bits per heavy atom. The van der Waals surface area contributed by atoms with E-state index < -0.39 is 0 Å². The number of aryl methyl sites for hydroxylation is 1. The van der Waals surface area contributed by atoms with Crippen molar-refractivity contribution < 1.29 is 9.47 Å². The van der Waals surface area contributed by atoms with Crippen molar-refractivity contribution in [3.63, 3.8) is 0 Å². The van der Waals surface area contributed by atoms with Gasteiger partial charge in [-0.15, -0.1) is 0 Å². The molecule has 0 bridgehead atoms. The molecule has 0 radical (unpaired) electrons. The number of methoxy groups -OCH3 is 2. The van der Waals surface area contributed by atoms with Gasteiger partial charge in [-0.1, -0.05) is 29.8 Å². The lowest BCUT2D eigenvalue weighted by Crippen LogP contribution is -2.27. The van der Waals surface area contributed by atoms with Gasteiger partial charge in [-0.3, -0.25) is 4.99 Å². The first-order chi connectivity index (χ1) is 12.4. The van der Waals surface area contributed by atoms with Gasteiger partial charge < -0.3 is 25.4 Å². The quantitative estimate of drug-likeness (QED) is 0.589. The number of benzene rings is 2. The highest BCUT2D eigenvalue weighted by Crippen LogP contribution is 2.29. The molecule has 0 saturated carbocycles. The van der Waals surface area contributed by atoms with E-state index in [-0.39, 0.29) is 6.04 Å². The molecule has 0 saturated heterocycles. The number of likely N-dealkylation sites (N-methyl/N-ethyl adjacent to an activating group) is 1. The van der Waals surface area contributed by atoms with Crippen molar-refractivity contribution in [3.05, 3.63) is 53.6 Å². The van der Waals surface area contributed by atoms with Crippen LogP contribution in [0.25, 0.3) is 0 Å². The van der Waals surface area contributed by atoms with Crippen LogP contribution in [-0.4, -0.2) is 45.7 Å². The van der Waals surface area contributed by atoms with Crippen molar-refractivity contribution in [1.82, 2.24) is 4.90 Å². The molecule has 140 valence electrons. The number of hydrogen-bond donors (Lipinski definition) is 2. The molecule has 0 spiro atoms. The van der Waals surface area contributed by atoms with Gasteiger partial charge in [0.05, 0.1) is 26.8 Å². The Hall–Kier alpha value is -2.73. The number of nitrogens with two attached hydrogens (primary N) is 1. The number of hydrogen-bond acceptors (Lipinski definition) is 4. The van der Waals surface area contributed by atoms with Crippen LogP contribution in [0.4, 0.5) is 5.69 Å². The first-order valence-electron chi connectivity index (χ1n) is 8.46. The highest BCUT2D eigenvalue weighted by molar-refractivity contribution is 5.92. The van der Waals surface area contributed by atoms with Crippen molar-refractivity contribution in [2.45, 2.75) is 13.0 Å². The molecule has 1 atom stereocenters. The summed E-state index contributed by atoms with van der Waals surface area (Å²) in [5.41, 5.74) is 9.31. The Balaban J connectivity index is 2.09. The number of rotatable bonds is 7. The van der Waals surface area contributed by atoms with Crippen LogP contribution in [0.15, 0.2) is 47.5 Å². The zero-order valence-electron chi connectivity index (χ0n) is 16.1. The SMILES string of the molecule is COc1ccc(NC(N)=NCC(c2ccc(C)cc2)N(C)C)cc1OC. The molecule has 0 aliphatic heterocycles. The summed E-state index contributed by atoms with van der Waals surface area (Å²) in [5, 5.41) is 3.10. The van der Waals surface area contributed by atoms with E-state index in [0.717, 1.165) is 5.69 Å². The van der Waals surface area contributed by atoms with E-state index in [1.807, 2.05) is 32.3 Å². The molecule has 3 N–H and O–H groups in total. The summed E-state index contributed by atoms with van der Waals surface area (Å²) in [6, 6.07) is 14.2. The topological polar surface area (TPSA) is 72.1 Å². The van der Waals surface area contributed by atoms with Crippen LogP contribution in [0.5, 0.6) is 11.5 Å². The molecular weight excluding hydrogens is 328 g/mol. The minimum absolute atomic E-state index is 0.154. The average Bonchev–Trinajstić information content (AvgIpc) is 2.63. The van der Waals surface area contributed by atoms with Crippen molar-refractivity contribution in [2.24, 2.45) is 10.7 Å². The van der Waals surface area contributed by atoms with E-state index in [1.54, 1.807) is 14.2 Å². The van der Waals surface area contributed by atoms with Gasteiger partial charge in [-0.2, -0.15) is 0 Å². The molecule has 0 fully saturated rings. The lowest BCUT2D eigenvalue weighted by atomic mass is 10.0. The monoisotopic (exact) mass is 356 g/mol. The Bertz CT molecular complexity index is 742. The summed E-state index contributed by atoms with van der Waals surface area (Å²) in [7, 11) is 7.28. The van der Waals surface area contributed by atoms with Crippen LogP contribution >= 0.6 is 0 Å². The van der Waals surface area contributed by atoms with E-state index in [2.05, 4.69) is 46.4 Å². The number of aliphatic imine (C=N–C) groups is 1. The Labute approximate surface area is 155 Å². The summed E-state index contributed by atoms with van der Waals surface area (Å²) in [5.74, 6) is 1.66. The molecule has 0 amide bonds. The maximum Gasteiger partial charge on any atom is 0.193 e. The van der Waals surface area contributed by atoms with Crippen molar-refractivity contribution in [1.29, 1.82) is 0 Å². The third-order valence-corrected chi connectivity index (χ3v) is 4.18. The molecule has 0 aliphatic rings. The Kier molecular flexibility index (Phi) is 6.86. The first kappa shape index (κ1) is 19.6. The van der Waals surface area contributed by atoms with Crippen molar-refractivity contribution in [2.75, 3.05) is 40.2 Å². The summed E-state index contributed by atoms with van der Waals surface area (Å²) in [6.45, 7) is 2.64. The maximum absolute atomic E-state index is 6.07. The second-order valence-corrected chi connectivity index (χ2v) is 6.31. The highest BCUT2D eigenvalue weighted by atomic mass is 16.5. The van der Waals surface area contributed by atoms with Crippen molar-refractivity contribution in [3.8, 4) is 11.5 Å². The lowest BCUT2D eigenvalue weighted by Gasteiger charge is -2.23. The maximum atomic E-state index is 6.07. The van der Waals surface area contributed by atoms with Gasteiger partial charge in [0.2, 0.25) is 0 Å². The first-order valence-corrected chi connectivity index (χ1v) is 8.46. The molecule has 2 aromatic rings. The molecule has 0 aliphatic carbocycles. The minimum Gasteiger partial charge on any atom is -0.493 e. The standard InChI is InChI=1S/C20H28N4O2/c1-14-6-8-15(9-7-14)17(24(2)3)13-22-20(21)23-16-10-11-18(25-4)19(12-16)26-5/h6-12,17H,13H2,1-5H3,(H3,21,22,23). The summed E-state index contributed by atoms with van der Waals surface area (Å²) < 4.78 is 10.5. The second-order valence-electron chi connectivity index (χ2n) is 6.31. The summed E-state index contributed by atoms with van der Waals surface area (Å²) in [6.07, 6.45) is 0. The van der Waals surface area contributed by atoms with Crippen LogP contribution in [0.3, 0.4) is 0 Å². The predicted octanol–water partition coefficient (Wildman–Crippen LogP) is 3.04. The molecule has 1 unspecified atom stereocenters. The van der Waals surface area contributed by atoms with Gasteiger partial charge in [0.15, 0.2) is 17.5 Å². The molecule has 0 heterocycles. The lowest BCUT2D eigenvalue weighted by molar-refractivity contribution is 0.306. The van der Waals surface area contributed by atoms with E-state index in [9.17, 15) is 0 Å². The van der Waals surface area contributed by atoms with Gasteiger partial charge in [0.1, 0.15) is 0 Å². The van der Waals surface area contributed by atoms with Crippen LogP contribution < -0.4 is 20.5 Å². The van der Waals surface area contributed by atoms with Gasteiger partial charge in [-0.25, -0.2) is 0 Å². The zero-order valence-corrected chi connectivity index (χ0v) is 16.1. The number of anilines is 1. The highest BCUT2D eigenvalue weighted by Gasteiger charge is 2.13. The fourth-order valence-electron chi connectivity index (χ4n) is 2.64. The fourth-order valence-corrected chi connectivity index (χ4v) is 2.64. The summed E-state index contributed by atoms with van der Waals surface area (Å²) >= 11 is 0. The molecule has 6 heteroatoms. The molecule has 2 aromatic carbocycles. The van der Waals surface area contributed by atoms with E-state index in [4.69, 9.17) is 15.2 Å². The van der Waals surface area contributed by atoms with Crippen LogP contribution in [0.2, 0.25) is 0 Å². The number of nitrogens with one attached hydrogen (secondary N) is 1. The molecule has 0 aromatic heterocycles. The molecule has 6 nitrogen and oxygen atoms in total. The summed E-state index contributed by atoms with van der Waals surface area (Å²) in [4.78, 5) is 6.64. The number of nitrogens with zero attached hydrogens (tertiary/aromatic N) is 2. The smallest absolute Gasteiger partial charge is 0.193 e. The second kappa shape index (κ2) is 9.10. The van der Waals surface area contributed by atoms with Gasteiger partial charge in [-0.05, 0) is 38.7 Å². The van der Waals surface area contributed by atoms with E-state index in [0.29, 0.717) is 24.0 Å².